The van der Waals surface area contributed by atoms with Gasteiger partial charge >= 0.3 is 0 Å². The zero-order valence-corrected chi connectivity index (χ0v) is 11.6. The summed E-state index contributed by atoms with van der Waals surface area (Å²) in [5.74, 6) is 0.447. The zero-order chi connectivity index (χ0) is 12.6. The summed E-state index contributed by atoms with van der Waals surface area (Å²) < 4.78 is 5.74. The van der Waals surface area contributed by atoms with Crippen molar-refractivity contribution in [2.24, 2.45) is 11.3 Å². The van der Waals surface area contributed by atoms with Gasteiger partial charge in [0.25, 0.3) is 0 Å². The molecule has 0 radical (unpaired) electrons. The molecule has 17 heavy (non-hydrogen) atoms. The highest BCUT2D eigenvalue weighted by Gasteiger charge is 2.41. The van der Waals surface area contributed by atoms with Crippen LogP contribution in [0.4, 0.5) is 0 Å². The second kappa shape index (κ2) is 4.87. The molecular weight excluding hydrogens is 214 g/mol. The van der Waals surface area contributed by atoms with E-state index >= 15 is 0 Å². The van der Waals surface area contributed by atoms with Crippen LogP contribution in [-0.2, 0) is 4.74 Å². The third kappa shape index (κ3) is 3.01. The predicted molar refractivity (Wildman–Crippen MR) is 69.0 cm³/mol. The lowest BCUT2D eigenvalue weighted by Gasteiger charge is -2.37. The molecule has 1 aliphatic carbocycles. The van der Waals surface area contributed by atoms with Gasteiger partial charge in [0.1, 0.15) is 0 Å². The molecule has 0 spiro atoms. The number of morpholine rings is 1. The number of hydrogen-bond donors (Lipinski definition) is 1. The van der Waals surface area contributed by atoms with Crippen molar-refractivity contribution >= 4 is 0 Å². The first-order chi connectivity index (χ1) is 7.88. The monoisotopic (exact) mass is 241 g/mol. The smallest absolute Gasteiger partial charge is 0.0678 e. The van der Waals surface area contributed by atoms with E-state index in [0.29, 0.717) is 18.1 Å². The van der Waals surface area contributed by atoms with Crippen LogP contribution in [0.3, 0.4) is 0 Å². The summed E-state index contributed by atoms with van der Waals surface area (Å²) in [6.45, 7) is 11.7. The molecule has 4 atom stereocenters. The van der Waals surface area contributed by atoms with Gasteiger partial charge in [0.15, 0.2) is 0 Å². The second-order valence-corrected chi connectivity index (χ2v) is 6.71. The van der Waals surface area contributed by atoms with E-state index in [1.165, 1.54) is 0 Å². The fourth-order valence-electron chi connectivity index (χ4n) is 3.46. The molecule has 0 amide bonds. The van der Waals surface area contributed by atoms with Crippen molar-refractivity contribution in [1.82, 2.24) is 4.90 Å². The Bertz CT molecular complexity index is 257. The Labute approximate surface area is 105 Å². The minimum atomic E-state index is -0.143. The number of aliphatic hydroxyl groups excluding tert-OH is 1. The van der Waals surface area contributed by atoms with Gasteiger partial charge in [-0.05, 0) is 38.0 Å². The van der Waals surface area contributed by atoms with Crippen molar-refractivity contribution < 1.29 is 9.84 Å². The van der Waals surface area contributed by atoms with Crippen LogP contribution in [0.25, 0.3) is 0 Å². The summed E-state index contributed by atoms with van der Waals surface area (Å²) in [5, 5.41) is 10.3. The first kappa shape index (κ1) is 13.3. The highest BCUT2D eigenvalue weighted by molar-refractivity contribution is 4.92. The minimum absolute atomic E-state index is 0.105. The molecule has 1 aliphatic heterocycles. The minimum Gasteiger partial charge on any atom is -0.392 e. The van der Waals surface area contributed by atoms with Gasteiger partial charge in [-0.15, -0.1) is 0 Å². The summed E-state index contributed by atoms with van der Waals surface area (Å²) in [4.78, 5) is 2.47. The van der Waals surface area contributed by atoms with E-state index < -0.39 is 0 Å². The molecule has 100 valence electrons. The molecule has 0 aromatic heterocycles. The molecular formula is C14H27NO2. The SMILES string of the molecule is C[C@@H]1CN(CC2CCC(C)(C)C2O)C[C@H](C)O1. The van der Waals surface area contributed by atoms with Crippen molar-refractivity contribution in [2.45, 2.75) is 58.8 Å². The lowest BCUT2D eigenvalue weighted by Crippen LogP contribution is -2.48. The standard InChI is InChI=1S/C14H27NO2/c1-10-7-15(8-11(2)17-10)9-12-5-6-14(3,4)13(12)16/h10-13,16H,5-9H2,1-4H3/t10-,11+,12?,13?. The van der Waals surface area contributed by atoms with Gasteiger partial charge in [0, 0.05) is 19.6 Å². The van der Waals surface area contributed by atoms with Crippen LogP contribution in [0.5, 0.6) is 0 Å². The van der Waals surface area contributed by atoms with Gasteiger partial charge in [-0.1, -0.05) is 13.8 Å². The summed E-state index contributed by atoms with van der Waals surface area (Å²) in [7, 11) is 0. The number of hydrogen-bond acceptors (Lipinski definition) is 3. The maximum atomic E-state index is 10.3. The van der Waals surface area contributed by atoms with Gasteiger partial charge in [-0.3, -0.25) is 4.90 Å². The second-order valence-electron chi connectivity index (χ2n) is 6.71. The van der Waals surface area contributed by atoms with Crippen LogP contribution < -0.4 is 0 Å². The fourth-order valence-corrected chi connectivity index (χ4v) is 3.46. The van der Waals surface area contributed by atoms with Crippen LogP contribution in [0.1, 0.15) is 40.5 Å². The molecule has 2 rings (SSSR count). The van der Waals surface area contributed by atoms with E-state index in [1.54, 1.807) is 0 Å². The maximum absolute atomic E-state index is 10.3. The van der Waals surface area contributed by atoms with Gasteiger partial charge in [0.05, 0.1) is 18.3 Å². The van der Waals surface area contributed by atoms with Gasteiger partial charge in [0.2, 0.25) is 0 Å². The van der Waals surface area contributed by atoms with Gasteiger partial charge in [-0.25, -0.2) is 0 Å². The molecule has 1 saturated carbocycles. The van der Waals surface area contributed by atoms with E-state index in [9.17, 15) is 5.11 Å². The number of nitrogens with zero attached hydrogens (tertiary/aromatic N) is 1. The molecule has 0 aromatic rings. The Kier molecular flexibility index (Phi) is 3.81. The Morgan fingerprint density at radius 1 is 1.24 bits per heavy atom. The Hall–Kier alpha value is -0.120. The first-order valence-corrected chi connectivity index (χ1v) is 6.94. The summed E-state index contributed by atoms with van der Waals surface area (Å²) in [5.41, 5.74) is 0.105. The number of aliphatic hydroxyl groups is 1. The van der Waals surface area contributed by atoms with E-state index in [4.69, 9.17) is 4.74 Å². The Morgan fingerprint density at radius 3 is 2.29 bits per heavy atom. The van der Waals surface area contributed by atoms with Crippen LogP contribution in [0.15, 0.2) is 0 Å². The van der Waals surface area contributed by atoms with Crippen molar-refractivity contribution in [3.63, 3.8) is 0 Å². The summed E-state index contributed by atoms with van der Waals surface area (Å²) >= 11 is 0. The lowest BCUT2D eigenvalue weighted by atomic mass is 9.87. The summed E-state index contributed by atoms with van der Waals surface area (Å²) in [6, 6.07) is 0. The number of rotatable bonds is 2. The maximum Gasteiger partial charge on any atom is 0.0678 e. The third-order valence-electron chi connectivity index (χ3n) is 4.39. The molecule has 0 bridgehead atoms. The third-order valence-corrected chi connectivity index (χ3v) is 4.39. The lowest BCUT2D eigenvalue weighted by molar-refractivity contribution is -0.0771. The normalized spacial score (nSPS) is 42.9. The largest absolute Gasteiger partial charge is 0.392 e. The first-order valence-electron chi connectivity index (χ1n) is 6.94. The molecule has 1 heterocycles. The summed E-state index contributed by atoms with van der Waals surface area (Å²) in [6.07, 6.45) is 2.81. The average Bonchev–Trinajstić information content (AvgIpc) is 2.44. The topological polar surface area (TPSA) is 32.7 Å². The molecule has 3 nitrogen and oxygen atoms in total. The molecule has 1 saturated heterocycles. The Morgan fingerprint density at radius 2 is 1.82 bits per heavy atom. The number of ether oxygens (including phenoxy) is 1. The fraction of sp³-hybridized carbons (Fsp3) is 1.00. The highest BCUT2D eigenvalue weighted by Crippen LogP contribution is 2.41. The molecule has 0 aromatic carbocycles. The average molecular weight is 241 g/mol. The van der Waals surface area contributed by atoms with Gasteiger partial charge < -0.3 is 9.84 Å². The predicted octanol–water partition coefficient (Wildman–Crippen LogP) is 1.89. The van der Waals surface area contributed by atoms with E-state index in [0.717, 1.165) is 32.5 Å². The van der Waals surface area contributed by atoms with Crippen molar-refractivity contribution in [1.29, 1.82) is 0 Å². The van der Waals surface area contributed by atoms with Crippen molar-refractivity contribution in [3.05, 3.63) is 0 Å². The van der Waals surface area contributed by atoms with Crippen LogP contribution >= 0.6 is 0 Å². The van der Waals surface area contributed by atoms with E-state index in [1.807, 2.05) is 0 Å². The molecule has 2 fully saturated rings. The van der Waals surface area contributed by atoms with Gasteiger partial charge in [-0.2, -0.15) is 0 Å². The van der Waals surface area contributed by atoms with Crippen LogP contribution in [-0.4, -0.2) is 48.0 Å². The van der Waals surface area contributed by atoms with Crippen molar-refractivity contribution in [2.75, 3.05) is 19.6 Å². The highest BCUT2D eigenvalue weighted by atomic mass is 16.5. The van der Waals surface area contributed by atoms with Crippen molar-refractivity contribution in [3.8, 4) is 0 Å². The zero-order valence-electron chi connectivity index (χ0n) is 11.6. The molecule has 2 unspecified atom stereocenters. The van der Waals surface area contributed by atoms with E-state index in [2.05, 4.69) is 32.6 Å². The molecule has 3 heteroatoms. The van der Waals surface area contributed by atoms with Crippen LogP contribution in [0, 0.1) is 11.3 Å². The quantitative estimate of drug-likeness (QED) is 0.801. The molecule has 2 aliphatic rings. The molecule has 1 N–H and O–H groups in total. The van der Waals surface area contributed by atoms with Crippen LogP contribution in [0.2, 0.25) is 0 Å². The Balaban J connectivity index is 1.89. The van der Waals surface area contributed by atoms with E-state index in [-0.39, 0.29) is 11.5 Å².